The van der Waals surface area contributed by atoms with Crippen LogP contribution < -0.4 is 11.3 Å². The number of benzene rings is 1. The maximum Gasteiger partial charge on any atom is 0.146 e. The Bertz CT molecular complexity index is 357. The fourth-order valence-corrected chi connectivity index (χ4v) is 1.69. The van der Waals surface area contributed by atoms with Crippen molar-refractivity contribution in [2.45, 2.75) is 19.9 Å². The maximum absolute atomic E-state index is 13.5. The van der Waals surface area contributed by atoms with Gasteiger partial charge in [0.2, 0.25) is 0 Å². The molecule has 0 fully saturated rings. The second-order valence-electron chi connectivity index (χ2n) is 3.31. The van der Waals surface area contributed by atoms with Crippen LogP contribution in [-0.2, 0) is 0 Å². The summed E-state index contributed by atoms with van der Waals surface area (Å²) in [6, 6.07) is 4.77. The summed E-state index contributed by atoms with van der Waals surface area (Å²) < 4.78 is 14.2. The summed E-state index contributed by atoms with van der Waals surface area (Å²) in [5.41, 5.74) is 2.77. The molecule has 0 heterocycles. The molecule has 0 aliphatic carbocycles. The maximum atomic E-state index is 13.5. The summed E-state index contributed by atoms with van der Waals surface area (Å²) in [5.74, 6) is 5.31. The SMILES string of the molecule is CC(C)N=C(NN)c1c(F)cccc1Br. The van der Waals surface area contributed by atoms with Crippen LogP contribution in [0.25, 0.3) is 0 Å². The molecule has 15 heavy (non-hydrogen) atoms. The van der Waals surface area contributed by atoms with Gasteiger partial charge in [0.25, 0.3) is 0 Å². The largest absolute Gasteiger partial charge is 0.308 e. The molecule has 0 atom stereocenters. The molecule has 0 saturated carbocycles. The average Bonchev–Trinajstić information content (AvgIpc) is 2.15. The van der Waals surface area contributed by atoms with Crippen molar-refractivity contribution in [1.82, 2.24) is 5.43 Å². The van der Waals surface area contributed by atoms with E-state index in [1.165, 1.54) is 6.07 Å². The van der Waals surface area contributed by atoms with Gasteiger partial charge in [-0.25, -0.2) is 10.2 Å². The molecular formula is C10H13BrFN3. The van der Waals surface area contributed by atoms with Crippen molar-refractivity contribution in [2.24, 2.45) is 10.8 Å². The molecule has 5 heteroatoms. The Hall–Kier alpha value is -0.940. The highest BCUT2D eigenvalue weighted by Crippen LogP contribution is 2.19. The third kappa shape index (κ3) is 3.00. The van der Waals surface area contributed by atoms with Crippen LogP contribution in [0.2, 0.25) is 0 Å². The van der Waals surface area contributed by atoms with Gasteiger partial charge in [-0.05, 0) is 41.9 Å². The van der Waals surface area contributed by atoms with Crippen LogP contribution in [-0.4, -0.2) is 11.9 Å². The number of nitrogens with two attached hydrogens (primary N) is 1. The monoisotopic (exact) mass is 273 g/mol. The van der Waals surface area contributed by atoms with Crippen LogP contribution in [0.5, 0.6) is 0 Å². The van der Waals surface area contributed by atoms with E-state index in [4.69, 9.17) is 5.84 Å². The molecule has 0 aliphatic rings. The van der Waals surface area contributed by atoms with Gasteiger partial charge in [0.1, 0.15) is 11.7 Å². The highest BCUT2D eigenvalue weighted by Gasteiger charge is 2.12. The zero-order valence-corrected chi connectivity index (χ0v) is 10.2. The van der Waals surface area contributed by atoms with E-state index in [1.54, 1.807) is 12.1 Å². The lowest BCUT2D eigenvalue weighted by Crippen LogP contribution is -2.33. The fourth-order valence-electron chi connectivity index (χ4n) is 1.16. The quantitative estimate of drug-likeness (QED) is 0.376. The number of halogens is 2. The summed E-state index contributed by atoms with van der Waals surface area (Å²) in [5, 5.41) is 0. The average molecular weight is 274 g/mol. The van der Waals surface area contributed by atoms with E-state index in [9.17, 15) is 4.39 Å². The Morgan fingerprint density at radius 2 is 2.20 bits per heavy atom. The molecule has 0 radical (unpaired) electrons. The number of hydrogen-bond acceptors (Lipinski definition) is 2. The Morgan fingerprint density at radius 1 is 1.53 bits per heavy atom. The van der Waals surface area contributed by atoms with E-state index in [2.05, 4.69) is 26.3 Å². The molecule has 3 N–H and O–H groups in total. The predicted molar refractivity (Wildman–Crippen MR) is 63.1 cm³/mol. The number of aliphatic imine (C=N–C) groups is 1. The van der Waals surface area contributed by atoms with Crippen LogP contribution in [0.15, 0.2) is 27.7 Å². The van der Waals surface area contributed by atoms with E-state index in [1.807, 2.05) is 13.8 Å². The van der Waals surface area contributed by atoms with Crippen molar-refractivity contribution >= 4 is 21.8 Å². The number of amidine groups is 1. The van der Waals surface area contributed by atoms with E-state index >= 15 is 0 Å². The zero-order valence-electron chi connectivity index (χ0n) is 8.59. The van der Waals surface area contributed by atoms with Crippen molar-refractivity contribution in [3.63, 3.8) is 0 Å². The van der Waals surface area contributed by atoms with Crippen LogP contribution in [0.1, 0.15) is 19.4 Å². The molecule has 1 rings (SSSR count). The van der Waals surface area contributed by atoms with E-state index < -0.39 is 0 Å². The third-order valence-corrected chi connectivity index (χ3v) is 2.38. The van der Waals surface area contributed by atoms with Gasteiger partial charge in [0, 0.05) is 10.5 Å². The molecule has 1 aromatic rings. The standard InChI is InChI=1S/C10H13BrFN3/c1-6(2)14-10(15-13)9-7(11)4-3-5-8(9)12/h3-6H,13H2,1-2H3,(H,14,15). The Balaban J connectivity index is 3.24. The smallest absolute Gasteiger partial charge is 0.146 e. The third-order valence-electron chi connectivity index (χ3n) is 1.72. The number of nitrogens with zero attached hydrogens (tertiary/aromatic N) is 1. The summed E-state index contributed by atoms with van der Waals surface area (Å²) in [4.78, 5) is 4.20. The summed E-state index contributed by atoms with van der Waals surface area (Å²) in [6.45, 7) is 3.79. The molecule has 0 bridgehead atoms. The second-order valence-corrected chi connectivity index (χ2v) is 4.17. The minimum atomic E-state index is -0.360. The van der Waals surface area contributed by atoms with Crippen LogP contribution in [0.4, 0.5) is 4.39 Å². The Labute approximate surface area is 96.7 Å². The van der Waals surface area contributed by atoms with Gasteiger partial charge in [-0.15, -0.1) is 0 Å². The van der Waals surface area contributed by atoms with Crippen LogP contribution in [0, 0.1) is 5.82 Å². The first kappa shape index (κ1) is 12.1. The van der Waals surface area contributed by atoms with Gasteiger partial charge in [0.05, 0.1) is 5.56 Å². The molecule has 0 spiro atoms. The number of hydrogen-bond donors (Lipinski definition) is 2. The van der Waals surface area contributed by atoms with Crippen molar-refractivity contribution in [3.05, 3.63) is 34.1 Å². The first-order valence-corrected chi connectivity index (χ1v) is 5.34. The lowest BCUT2D eigenvalue weighted by atomic mass is 10.2. The van der Waals surface area contributed by atoms with Gasteiger partial charge < -0.3 is 5.43 Å². The summed E-state index contributed by atoms with van der Waals surface area (Å²) >= 11 is 3.26. The number of hydrazine groups is 1. The zero-order chi connectivity index (χ0) is 11.4. The molecule has 0 aliphatic heterocycles. The minimum absolute atomic E-state index is 0.0440. The lowest BCUT2D eigenvalue weighted by molar-refractivity contribution is 0.622. The predicted octanol–water partition coefficient (Wildman–Crippen LogP) is 2.21. The normalized spacial score (nSPS) is 12.0. The number of nitrogens with one attached hydrogen (secondary N) is 1. The van der Waals surface area contributed by atoms with Crippen molar-refractivity contribution < 1.29 is 4.39 Å². The number of rotatable bonds is 2. The van der Waals surface area contributed by atoms with Crippen molar-refractivity contribution in [2.75, 3.05) is 0 Å². The van der Waals surface area contributed by atoms with Crippen molar-refractivity contribution in [1.29, 1.82) is 0 Å². The van der Waals surface area contributed by atoms with E-state index in [0.717, 1.165) is 0 Å². The van der Waals surface area contributed by atoms with Crippen LogP contribution in [0.3, 0.4) is 0 Å². The molecule has 0 amide bonds. The van der Waals surface area contributed by atoms with Gasteiger partial charge >= 0.3 is 0 Å². The van der Waals surface area contributed by atoms with E-state index in [0.29, 0.717) is 15.9 Å². The van der Waals surface area contributed by atoms with Crippen molar-refractivity contribution in [3.8, 4) is 0 Å². The molecule has 0 aromatic heterocycles. The minimum Gasteiger partial charge on any atom is -0.308 e. The topological polar surface area (TPSA) is 50.4 Å². The highest BCUT2D eigenvalue weighted by molar-refractivity contribution is 9.10. The summed E-state index contributed by atoms with van der Waals surface area (Å²) in [7, 11) is 0. The molecule has 0 saturated heterocycles. The first-order valence-electron chi connectivity index (χ1n) is 4.55. The Kier molecular flexibility index (Phi) is 4.23. The molecule has 1 aromatic carbocycles. The summed E-state index contributed by atoms with van der Waals surface area (Å²) in [6.07, 6.45) is 0. The van der Waals surface area contributed by atoms with Gasteiger partial charge in [-0.3, -0.25) is 4.99 Å². The Morgan fingerprint density at radius 3 is 2.67 bits per heavy atom. The lowest BCUT2D eigenvalue weighted by Gasteiger charge is -2.10. The highest BCUT2D eigenvalue weighted by atomic mass is 79.9. The van der Waals surface area contributed by atoms with E-state index in [-0.39, 0.29) is 11.9 Å². The molecule has 0 unspecified atom stereocenters. The first-order chi connectivity index (χ1) is 7.06. The van der Waals surface area contributed by atoms with Gasteiger partial charge in [-0.1, -0.05) is 6.07 Å². The van der Waals surface area contributed by atoms with Crippen LogP contribution >= 0.6 is 15.9 Å². The van der Waals surface area contributed by atoms with Gasteiger partial charge in [-0.2, -0.15) is 0 Å². The van der Waals surface area contributed by atoms with Gasteiger partial charge in [0.15, 0.2) is 0 Å². The molecular weight excluding hydrogens is 261 g/mol. The molecule has 3 nitrogen and oxygen atoms in total. The fraction of sp³-hybridized carbons (Fsp3) is 0.300. The second kappa shape index (κ2) is 5.23. The molecule has 82 valence electrons.